The highest BCUT2D eigenvalue weighted by Gasteiger charge is 2.27. The lowest BCUT2D eigenvalue weighted by molar-refractivity contribution is 0.0964. The number of hydrogen-bond donors (Lipinski definition) is 1. The number of methoxy groups -OCH3 is 1. The summed E-state index contributed by atoms with van der Waals surface area (Å²) in [6.07, 6.45) is 2.72. The lowest BCUT2D eigenvalue weighted by Gasteiger charge is -2.20. The molecule has 1 N–H and O–H groups in total. The van der Waals surface area contributed by atoms with Crippen molar-refractivity contribution in [3.05, 3.63) is 78.0 Å². The maximum atomic E-state index is 13.3. The van der Waals surface area contributed by atoms with Gasteiger partial charge >= 0.3 is 0 Å². The minimum absolute atomic E-state index is 0.245. The van der Waals surface area contributed by atoms with Gasteiger partial charge in [0.15, 0.2) is 11.2 Å². The van der Waals surface area contributed by atoms with Crippen molar-refractivity contribution in [2.24, 2.45) is 0 Å². The Labute approximate surface area is 247 Å². The molecule has 0 saturated carbocycles. The Morgan fingerprint density at radius 2 is 1.74 bits per heavy atom. The van der Waals surface area contributed by atoms with Crippen LogP contribution in [0.2, 0.25) is 0 Å². The van der Waals surface area contributed by atoms with Gasteiger partial charge in [0.05, 0.1) is 30.3 Å². The first-order chi connectivity index (χ1) is 20.6. The normalized spacial score (nSPS) is 11.7. The van der Waals surface area contributed by atoms with Crippen molar-refractivity contribution in [2.45, 2.75) is 6.92 Å². The van der Waals surface area contributed by atoms with Crippen molar-refractivity contribution in [1.29, 1.82) is 0 Å². The van der Waals surface area contributed by atoms with Crippen LogP contribution >= 0.6 is 0 Å². The number of aryl methyl sites for hydroxylation is 1. The van der Waals surface area contributed by atoms with Gasteiger partial charge in [-0.15, -0.1) is 0 Å². The summed E-state index contributed by atoms with van der Waals surface area (Å²) in [5.74, 6) is 0.529. The molecule has 1 amide bonds. The van der Waals surface area contributed by atoms with Gasteiger partial charge in [-0.25, -0.2) is 18.4 Å². The number of rotatable bonds is 7. The number of anilines is 1. The molecule has 6 aromatic rings. The number of nitrogens with zero attached hydrogens (tertiary/aromatic N) is 4. The van der Waals surface area contributed by atoms with E-state index in [0.717, 1.165) is 16.1 Å². The third-order valence-corrected chi connectivity index (χ3v) is 8.30. The third-order valence-electron chi connectivity index (χ3n) is 7.11. The highest BCUT2D eigenvalue weighted by Crippen LogP contribution is 2.42. The molecule has 12 heteroatoms. The zero-order valence-corrected chi connectivity index (χ0v) is 24.8. The van der Waals surface area contributed by atoms with Gasteiger partial charge in [0.25, 0.3) is 5.91 Å². The first-order valence-corrected chi connectivity index (χ1v) is 15.0. The Balaban J connectivity index is 1.64. The Bertz CT molecular complexity index is 2100. The number of carbonyl (C=O) groups excluding carboxylic acids is 1. The number of fused-ring (bicyclic) bond motifs is 2. The quantitative estimate of drug-likeness (QED) is 0.255. The summed E-state index contributed by atoms with van der Waals surface area (Å²) in [6.45, 7) is 1.97. The predicted molar refractivity (Wildman–Crippen MR) is 164 cm³/mol. The molecular weight excluding hydrogens is 570 g/mol. The van der Waals surface area contributed by atoms with Crippen LogP contribution in [0.4, 0.5) is 5.69 Å². The fraction of sp³-hybridized carbons (Fsp3) is 0.161. The summed E-state index contributed by atoms with van der Waals surface area (Å²) in [6, 6.07) is 17.8. The van der Waals surface area contributed by atoms with E-state index in [-0.39, 0.29) is 23.4 Å². The van der Waals surface area contributed by atoms with Gasteiger partial charge in [-0.05, 0) is 31.2 Å². The highest BCUT2D eigenvalue weighted by atomic mass is 32.2. The summed E-state index contributed by atoms with van der Waals surface area (Å²) >= 11 is 0. The Kier molecular flexibility index (Phi) is 6.85. The van der Waals surface area contributed by atoms with Crippen molar-refractivity contribution in [2.75, 3.05) is 31.8 Å². The van der Waals surface area contributed by atoms with Crippen molar-refractivity contribution in [3.63, 3.8) is 0 Å². The number of pyridine rings is 2. The molecule has 0 aliphatic carbocycles. The molecular formula is C31H27N5O6S. The minimum atomic E-state index is -3.72. The van der Waals surface area contributed by atoms with E-state index in [1.807, 2.05) is 31.2 Å². The number of ether oxygens (including phenoxy) is 1. The molecule has 43 heavy (non-hydrogen) atoms. The maximum Gasteiger partial charge on any atom is 0.255 e. The highest BCUT2D eigenvalue weighted by molar-refractivity contribution is 7.92. The minimum Gasteiger partial charge on any atom is -0.481 e. The topological polar surface area (TPSA) is 141 Å². The van der Waals surface area contributed by atoms with Crippen LogP contribution in [0.25, 0.3) is 56.2 Å². The first-order valence-electron chi connectivity index (χ1n) is 13.2. The van der Waals surface area contributed by atoms with Crippen LogP contribution in [0.3, 0.4) is 0 Å². The maximum absolute atomic E-state index is 13.3. The van der Waals surface area contributed by atoms with Crippen LogP contribution in [-0.4, -0.2) is 56.7 Å². The molecule has 0 radical (unpaired) electrons. The van der Waals surface area contributed by atoms with Crippen molar-refractivity contribution < 1.29 is 26.8 Å². The van der Waals surface area contributed by atoms with E-state index >= 15 is 0 Å². The van der Waals surface area contributed by atoms with Crippen LogP contribution in [0.1, 0.15) is 15.9 Å². The number of benzene rings is 2. The summed E-state index contributed by atoms with van der Waals surface area (Å²) in [5, 5.41) is 3.18. The number of oxazole rings is 1. The van der Waals surface area contributed by atoms with Crippen molar-refractivity contribution in [3.8, 4) is 39.9 Å². The number of aromatic nitrogens is 3. The van der Waals surface area contributed by atoms with Gasteiger partial charge in [0.2, 0.25) is 21.8 Å². The van der Waals surface area contributed by atoms with Gasteiger partial charge in [0, 0.05) is 54.5 Å². The second kappa shape index (κ2) is 10.6. The zero-order chi connectivity index (χ0) is 30.5. The van der Waals surface area contributed by atoms with E-state index < -0.39 is 10.0 Å². The lowest BCUT2D eigenvalue weighted by atomic mass is 10.00. The molecule has 0 bridgehead atoms. The SMILES string of the molecule is CNC(=O)c1c(-c2ccc(C)cc2)oc2cc(N(C)S(C)(=O)=O)c(-c3cc(-c4nc5ncccc5o4)cc(OC)n3)cc12. The Morgan fingerprint density at radius 3 is 2.42 bits per heavy atom. The third kappa shape index (κ3) is 5.06. The zero-order valence-electron chi connectivity index (χ0n) is 24.0. The van der Waals surface area contributed by atoms with Crippen LogP contribution in [0.5, 0.6) is 5.88 Å². The average Bonchev–Trinajstić information content (AvgIpc) is 3.61. The lowest BCUT2D eigenvalue weighted by Crippen LogP contribution is -2.25. The smallest absolute Gasteiger partial charge is 0.255 e. The molecule has 0 atom stereocenters. The van der Waals surface area contributed by atoms with E-state index in [9.17, 15) is 13.2 Å². The standard InChI is InChI=1S/C31H27N5O6S/c1-17-8-10-18(11-9-17)28-27(30(37)32-2)21-15-20(23(16-25(21)41-28)36(3)43(5,38)39)22-13-19(14-26(34-22)40-4)31-35-29-24(42-31)7-6-12-33-29/h6-16H,1-5H3,(H,32,37). The molecule has 218 valence electrons. The van der Waals surface area contributed by atoms with Gasteiger partial charge in [0.1, 0.15) is 11.3 Å². The van der Waals surface area contributed by atoms with Crippen LogP contribution in [-0.2, 0) is 10.0 Å². The molecule has 0 fully saturated rings. The van der Waals surface area contributed by atoms with E-state index in [2.05, 4.69) is 20.3 Å². The first kappa shape index (κ1) is 27.9. The second-order valence-corrected chi connectivity index (χ2v) is 12.0. The summed E-state index contributed by atoms with van der Waals surface area (Å²) in [7, 11) is 0.740. The van der Waals surface area contributed by atoms with Crippen molar-refractivity contribution >= 4 is 43.8 Å². The Morgan fingerprint density at radius 1 is 0.977 bits per heavy atom. The Hall–Kier alpha value is -5.23. The largest absolute Gasteiger partial charge is 0.481 e. The number of furan rings is 1. The monoisotopic (exact) mass is 597 g/mol. The summed E-state index contributed by atoms with van der Waals surface area (Å²) in [5.41, 5.74) is 4.93. The second-order valence-electron chi connectivity index (χ2n) is 9.97. The molecule has 0 aliphatic rings. The molecule has 4 heterocycles. The van der Waals surface area contributed by atoms with Gasteiger partial charge < -0.3 is 18.9 Å². The number of sulfonamides is 1. The number of hydrogen-bond acceptors (Lipinski definition) is 9. The van der Waals surface area contributed by atoms with Gasteiger partial charge in [-0.3, -0.25) is 9.10 Å². The fourth-order valence-corrected chi connectivity index (χ4v) is 5.31. The molecule has 11 nitrogen and oxygen atoms in total. The summed E-state index contributed by atoms with van der Waals surface area (Å²) < 4.78 is 44.4. The molecule has 4 aromatic heterocycles. The summed E-state index contributed by atoms with van der Waals surface area (Å²) in [4.78, 5) is 26.6. The van der Waals surface area contributed by atoms with Gasteiger partial charge in [-0.2, -0.15) is 4.98 Å². The van der Waals surface area contributed by atoms with Crippen molar-refractivity contribution in [1.82, 2.24) is 20.3 Å². The molecule has 0 unspecified atom stereocenters. The average molecular weight is 598 g/mol. The molecule has 6 rings (SSSR count). The van der Waals surface area contributed by atoms with Gasteiger partial charge in [-0.1, -0.05) is 29.8 Å². The molecule has 0 spiro atoms. The van der Waals surface area contributed by atoms with Crippen LogP contribution < -0.4 is 14.4 Å². The van der Waals surface area contributed by atoms with E-state index in [4.69, 9.17) is 13.6 Å². The fourth-order valence-electron chi connectivity index (χ4n) is 4.80. The van der Waals surface area contributed by atoms with Crippen LogP contribution in [0, 0.1) is 6.92 Å². The number of amides is 1. The van der Waals surface area contributed by atoms with E-state index in [1.54, 1.807) is 42.6 Å². The van der Waals surface area contributed by atoms with E-state index in [0.29, 0.717) is 55.9 Å². The molecule has 2 aromatic carbocycles. The predicted octanol–water partition coefficient (Wildman–Crippen LogP) is 5.44. The number of carbonyl (C=O) groups is 1. The molecule has 0 aliphatic heterocycles. The van der Waals surface area contributed by atoms with E-state index in [1.165, 1.54) is 21.2 Å². The molecule has 0 saturated heterocycles. The van der Waals surface area contributed by atoms with Crippen LogP contribution in [0.15, 0.2) is 75.7 Å². The number of nitrogens with one attached hydrogen (secondary N) is 1.